The van der Waals surface area contributed by atoms with Crippen LogP contribution in [0.2, 0.25) is 0 Å². The van der Waals surface area contributed by atoms with Crippen molar-refractivity contribution in [2.75, 3.05) is 13.1 Å². The summed E-state index contributed by atoms with van der Waals surface area (Å²) in [5.41, 5.74) is 0.0718. The first-order valence-corrected chi connectivity index (χ1v) is 7.73. The molecular formula is C13H15BrINO2. The lowest BCUT2D eigenvalue weighted by molar-refractivity contribution is -0.00205. The average Bonchev–Trinajstić information content (AvgIpc) is 2.31. The van der Waals surface area contributed by atoms with Gasteiger partial charge in [-0.05, 0) is 76.5 Å². The molecule has 18 heavy (non-hydrogen) atoms. The number of amides is 1. The lowest BCUT2D eigenvalue weighted by Gasteiger charge is -2.36. The third-order valence-corrected chi connectivity index (χ3v) is 4.65. The number of carbonyl (C=O) groups is 1. The number of likely N-dealkylation sites (tertiary alicyclic amines) is 1. The van der Waals surface area contributed by atoms with Crippen LogP contribution in [0, 0.1) is 3.57 Å². The minimum absolute atomic E-state index is 0.0379. The van der Waals surface area contributed by atoms with Crippen LogP contribution in [0.4, 0.5) is 0 Å². The second-order valence-electron chi connectivity index (χ2n) is 4.91. The van der Waals surface area contributed by atoms with E-state index in [9.17, 15) is 9.90 Å². The van der Waals surface area contributed by atoms with Crippen molar-refractivity contribution in [3.63, 3.8) is 0 Å². The Kier molecular flexibility index (Phi) is 4.33. The summed E-state index contributed by atoms with van der Waals surface area (Å²) in [4.78, 5) is 14.2. The zero-order chi connectivity index (χ0) is 13.3. The Morgan fingerprint density at radius 3 is 2.67 bits per heavy atom. The van der Waals surface area contributed by atoms with Crippen molar-refractivity contribution in [1.82, 2.24) is 4.90 Å². The third kappa shape index (κ3) is 3.24. The Balaban J connectivity index is 2.15. The number of nitrogens with zero attached hydrogens (tertiary/aromatic N) is 1. The van der Waals surface area contributed by atoms with Crippen molar-refractivity contribution < 1.29 is 9.90 Å². The van der Waals surface area contributed by atoms with Crippen LogP contribution in [0.3, 0.4) is 0 Å². The molecule has 1 saturated heterocycles. The number of hydrogen-bond acceptors (Lipinski definition) is 2. The number of halogens is 2. The van der Waals surface area contributed by atoms with Gasteiger partial charge in [0.05, 0.1) is 11.2 Å². The number of benzene rings is 1. The van der Waals surface area contributed by atoms with Crippen molar-refractivity contribution in [1.29, 1.82) is 0 Å². The van der Waals surface area contributed by atoms with E-state index in [1.165, 1.54) is 0 Å². The van der Waals surface area contributed by atoms with E-state index in [-0.39, 0.29) is 5.91 Å². The van der Waals surface area contributed by atoms with Gasteiger partial charge in [0.25, 0.3) is 5.91 Å². The van der Waals surface area contributed by atoms with Gasteiger partial charge in [0.2, 0.25) is 0 Å². The van der Waals surface area contributed by atoms with Gasteiger partial charge in [-0.25, -0.2) is 0 Å². The van der Waals surface area contributed by atoms with Crippen LogP contribution in [0.15, 0.2) is 22.7 Å². The molecule has 0 aliphatic carbocycles. The van der Waals surface area contributed by atoms with Crippen LogP contribution in [0.5, 0.6) is 0 Å². The zero-order valence-corrected chi connectivity index (χ0v) is 13.9. The molecule has 0 atom stereocenters. The van der Waals surface area contributed by atoms with Crippen LogP contribution in [0.1, 0.15) is 30.1 Å². The minimum Gasteiger partial charge on any atom is -0.390 e. The lowest BCUT2D eigenvalue weighted by Crippen LogP contribution is -2.45. The molecule has 0 bridgehead atoms. The molecule has 1 aliphatic rings. The molecule has 0 radical (unpaired) electrons. The molecule has 1 aliphatic heterocycles. The number of hydrogen-bond donors (Lipinski definition) is 1. The predicted octanol–water partition coefficient (Wildman–Crippen LogP) is 3.04. The largest absolute Gasteiger partial charge is 0.390 e. The number of aliphatic hydroxyl groups is 1. The maximum atomic E-state index is 12.4. The minimum atomic E-state index is -0.626. The molecule has 1 heterocycles. The summed E-state index contributed by atoms with van der Waals surface area (Å²) in [5, 5.41) is 9.89. The van der Waals surface area contributed by atoms with Gasteiger partial charge in [0.1, 0.15) is 0 Å². The topological polar surface area (TPSA) is 40.5 Å². The Bertz CT molecular complexity index is 466. The standard InChI is InChI=1S/C13H15BrINO2/c1-13(18)4-6-16(7-5-13)12(17)10-8-9(15)2-3-11(10)14/h2-3,8,18H,4-7H2,1H3. The Hall–Kier alpha value is -0.140. The van der Waals surface area contributed by atoms with Crippen molar-refractivity contribution >= 4 is 44.4 Å². The highest BCUT2D eigenvalue weighted by molar-refractivity contribution is 14.1. The molecule has 0 unspecified atom stereocenters. The smallest absolute Gasteiger partial charge is 0.255 e. The van der Waals surface area contributed by atoms with Crippen molar-refractivity contribution in [3.05, 3.63) is 31.8 Å². The molecule has 1 fully saturated rings. The molecule has 1 aromatic rings. The van der Waals surface area contributed by atoms with Crippen molar-refractivity contribution in [2.45, 2.75) is 25.4 Å². The summed E-state index contributed by atoms with van der Waals surface area (Å²) < 4.78 is 1.87. The molecule has 0 aromatic heterocycles. The zero-order valence-electron chi connectivity index (χ0n) is 10.1. The first kappa shape index (κ1) is 14.3. The van der Waals surface area contributed by atoms with E-state index >= 15 is 0 Å². The summed E-state index contributed by atoms with van der Waals surface area (Å²) in [6.07, 6.45) is 1.28. The lowest BCUT2D eigenvalue weighted by atomic mass is 9.93. The van der Waals surface area contributed by atoms with Crippen molar-refractivity contribution in [2.24, 2.45) is 0 Å². The molecule has 98 valence electrons. The van der Waals surface area contributed by atoms with E-state index in [0.29, 0.717) is 31.5 Å². The van der Waals surface area contributed by atoms with Crippen LogP contribution >= 0.6 is 38.5 Å². The van der Waals surface area contributed by atoms with Gasteiger partial charge in [0.15, 0.2) is 0 Å². The monoisotopic (exact) mass is 423 g/mol. The molecule has 2 rings (SSSR count). The first-order valence-electron chi connectivity index (χ1n) is 5.86. The number of piperidine rings is 1. The van der Waals surface area contributed by atoms with Gasteiger partial charge >= 0.3 is 0 Å². The summed E-state index contributed by atoms with van der Waals surface area (Å²) >= 11 is 5.62. The Morgan fingerprint density at radius 1 is 1.44 bits per heavy atom. The summed E-state index contributed by atoms with van der Waals surface area (Å²) in [6.45, 7) is 3.06. The maximum Gasteiger partial charge on any atom is 0.255 e. The van der Waals surface area contributed by atoms with Crippen LogP contribution < -0.4 is 0 Å². The van der Waals surface area contributed by atoms with Gasteiger partial charge in [0, 0.05) is 21.1 Å². The van der Waals surface area contributed by atoms with Crippen LogP contribution in [-0.4, -0.2) is 34.6 Å². The number of carbonyl (C=O) groups excluding carboxylic acids is 1. The fourth-order valence-corrected chi connectivity index (χ4v) is 2.93. The Labute approximate surface area is 129 Å². The molecule has 1 aromatic carbocycles. The van der Waals surface area contributed by atoms with Crippen LogP contribution in [0.25, 0.3) is 0 Å². The summed E-state index contributed by atoms with van der Waals surface area (Å²) in [7, 11) is 0. The quantitative estimate of drug-likeness (QED) is 0.705. The van der Waals surface area contributed by atoms with Gasteiger partial charge in [-0.2, -0.15) is 0 Å². The first-order chi connectivity index (χ1) is 8.39. The van der Waals surface area contributed by atoms with Crippen LogP contribution in [-0.2, 0) is 0 Å². The molecule has 1 N–H and O–H groups in total. The van der Waals surface area contributed by atoms with Gasteiger partial charge in [-0.15, -0.1) is 0 Å². The van der Waals surface area contributed by atoms with E-state index in [0.717, 1.165) is 8.04 Å². The van der Waals surface area contributed by atoms with Gasteiger partial charge in [-0.3, -0.25) is 4.79 Å². The Morgan fingerprint density at radius 2 is 2.06 bits per heavy atom. The second-order valence-corrected chi connectivity index (χ2v) is 7.01. The fraction of sp³-hybridized carbons (Fsp3) is 0.462. The molecule has 3 nitrogen and oxygen atoms in total. The molecule has 1 amide bonds. The number of rotatable bonds is 1. The third-order valence-electron chi connectivity index (χ3n) is 3.29. The van der Waals surface area contributed by atoms with E-state index in [1.807, 2.05) is 30.0 Å². The van der Waals surface area contributed by atoms with Gasteiger partial charge < -0.3 is 10.0 Å². The molecule has 0 spiro atoms. The highest BCUT2D eigenvalue weighted by Gasteiger charge is 2.30. The fourth-order valence-electron chi connectivity index (χ4n) is 2.02. The normalized spacial score (nSPS) is 18.8. The highest BCUT2D eigenvalue weighted by atomic mass is 127. The molecule has 0 saturated carbocycles. The average molecular weight is 424 g/mol. The highest BCUT2D eigenvalue weighted by Crippen LogP contribution is 2.25. The SMILES string of the molecule is CC1(O)CCN(C(=O)c2cc(I)ccc2Br)CC1. The second kappa shape index (κ2) is 5.46. The summed E-state index contributed by atoms with van der Waals surface area (Å²) in [6, 6.07) is 5.75. The summed E-state index contributed by atoms with van der Waals surface area (Å²) in [5.74, 6) is 0.0379. The van der Waals surface area contributed by atoms with E-state index < -0.39 is 5.60 Å². The molecule has 5 heteroatoms. The van der Waals surface area contributed by atoms with E-state index in [4.69, 9.17) is 0 Å². The van der Waals surface area contributed by atoms with Crippen molar-refractivity contribution in [3.8, 4) is 0 Å². The molecular weight excluding hydrogens is 409 g/mol. The predicted molar refractivity (Wildman–Crippen MR) is 82.6 cm³/mol. The maximum absolute atomic E-state index is 12.4. The van der Waals surface area contributed by atoms with Gasteiger partial charge in [-0.1, -0.05) is 0 Å². The van der Waals surface area contributed by atoms with E-state index in [2.05, 4.69) is 38.5 Å². The van der Waals surface area contributed by atoms with E-state index in [1.54, 1.807) is 0 Å².